The van der Waals surface area contributed by atoms with Gasteiger partial charge in [-0.1, -0.05) is 57.2 Å². The standard InChI is InChI=1S/C32H39N5O3/c1-5-35(22-24-13-15-25(16-14-24)23(3)4)20-21-36(6-2)29(38)17-18-30(39)37-28-12-8-7-10-26(28)32(40)34-27-11-9-19-33-31(27)37/h7-16,19,23H,5-6,17-18,20-22H2,1-4H3,(H,34,40). The van der Waals surface area contributed by atoms with Crippen molar-refractivity contribution in [3.63, 3.8) is 0 Å². The van der Waals surface area contributed by atoms with Crippen molar-refractivity contribution in [2.24, 2.45) is 0 Å². The molecule has 2 aromatic carbocycles. The summed E-state index contributed by atoms with van der Waals surface area (Å²) in [6.07, 6.45) is 1.67. The Balaban J connectivity index is 1.39. The summed E-state index contributed by atoms with van der Waals surface area (Å²) >= 11 is 0. The molecular formula is C32H39N5O3. The molecule has 0 radical (unpaired) electrons. The molecule has 0 bridgehead atoms. The summed E-state index contributed by atoms with van der Waals surface area (Å²) in [5.74, 6) is 0.210. The Bertz CT molecular complexity index is 1340. The van der Waals surface area contributed by atoms with Crippen molar-refractivity contribution in [3.05, 3.63) is 83.6 Å². The number of pyridine rings is 1. The maximum absolute atomic E-state index is 13.5. The van der Waals surface area contributed by atoms with Gasteiger partial charge < -0.3 is 10.2 Å². The first-order valence-electron chi connectivity index (χ1n) is 14.1. The first kappa shape index (κ1) is 29.0. The summed E-state index contributed by atoms with van der Waals surface area (Å²) in [7, 11) is 0. The fourth-order valence-corrected chi connectivity index (χ4v) is 4.91. The van der Waals surface area contributed by atoms with Crippen molar-refractivity contribution in [2.75, 3.05) is 36.4 Å². The number of rotatable bonds is 11. The fraction of sp³-hybridized carbons (Fsp3) is 0.375. The first-order valence-corrected chi connectivity index (χ1v) is 14.1. The number of fused-ring (bicyclic) bond motifs is 2. The quantitative estimate of drug-likeness (QED) is 0.342. The fourth-order valence-electron chi connectivity index (χ4n) is 4.91. The van der Waals surface area contributed by atoms with Crippen molar-refractivity contribution < 1.29 is 14.4 Å². The van der Waals surface area contributed by atoms with Gasteiger partial charge in [0, 0.05) is 45.2 Å². The second kappa shape index (κ2) is 13.3. The lowest BCUT2D eigenvalue weighted by Crippen LogP contribution is -2.39. The minimum Gasteiger partial charge on any atom is -0.342 e. The molecule has 2 heterocycles. The second-order valence-electron chi connectivity index (χ2n) is 10.3. The van der Waals surface area contributed by atoms with Gasteiger partial charge in [-0.15, -0.1) is 0 Å². The average molecular weight is 542 g/mol. The van der Waals surface area contributed by atoms with E-state index < -0.39 is 0 Å². The predicted octanol–water partition coefficient (Wildman–Crippen LogP) is 5.59. The van der Waals surface area contributed by atoms with E-state index in [0.29, 0.717) is 41.8 Å². The Morgan fingerprint density at radius 3 is 2.38 bits per heavy atom. The van der Waals surface area contributed by atoms with E-state index in [1.807, 2.05) is 11.8 Å². The highest BCUT2D eigenvalue weighted by atomic mass is 16.2. The largest absolute Gasteiger partial charge is 0.342 e. The van der Waals surface area contributed by atoms with Gasteiger partial charge in [0.05, 0.1) is 16.9 Å². The topological polar surface area (TPSA) is 85.9 Å². The molecule has 0 atom stereocenters. The van der Waals surface area contributed by atoms with E-state index in [-0.39, 0.29) is 30.6 Å². The number of hydrogen-bond acceptors (Lipinski definition) is 5. The Kier molecular flexibility index (Phi) is 9.66. The van der Waals surface area contributed by atoms with E-state index >= 15 is 0 Å². The van der Waals surface area contributed by atoms with Crippen molar-refractivity contribution >= 4 is 34.9 Å². The van der Waals surface area contributed by atoms with Crippen LogP contribution < -0.4 is 10.2 Å². The van der Waals surface area contributed by atoms with Gasteiger partial charge >= 0.3 is 0 Å². The van der Waals surface area contributed by atoms with Crippen LogP contribution in [0.5, 0.6) is 0 Å². The molecule has 0 aliphatic carbocycles. The van der Waals surface area contributed by atoms with Gasteiger partial charge in [-0.25, -0.2) is 4.98 Å². The van der Waals surface area contributed by atoms with Gasteiger partial charge in [0.2, 0.25) is 11.8 Å². The van der Waals surface area contributed by atoms with Crippen LogP contribution in [0.2, 0.25) is 0 Å². The summed E-state index contributed by atoms with van der Waals surface area (Å²) in [5.41, 5.74) is 3.88. The summed E-state index contributed by atoms with van der Waals surface area (Å²) in [4.78, 5) is 49.5. The van der Waals surface area contributed by atoms with E-state index in [0.717, 1.165) is 19.6 Å². The first-order chi connectivity index (χ1) is 19.3. The maximum Gasteiger partial charge on any atom is 0.257 e. The molecule has 0 saturated carbocycles. The lowest BCUT2D eigenvalue weighted by atomic mass is 10.0. The number of benzene rings is 2. The van der Waals surface area contributed by atoms with Gasteiger partial charge in [0.1, 0.15) is 0 Å². The smallest absolute Gasteiger partial charge is 0.257 e. The van der Waals surface area contributed by atoms with E-state index in [1.165, 1.54) is 16.0 Å². The molecular weight excluding hydrogens is 502 g/mol. The van der Waals surface area contributed by atoms with Crippen LogP contribution in [-0.4, -0.2) is 58.7 Å². The Hall–Kier alpha value is -4.04. The zero-order chi connectivity index (χ0) is 28.6. The third kappa shape index (κ3) is 6.74. The highest BCUT2D eigenvalue weighted by Gasteiger charge is 2.30. The summed E-state index contributed by atoms with van der Waals surface area (Å²) in [6.45, 7) is 12.1. The summed E-state index contributed by atoms with van der Waals surface area (Å²) in [5, 5.41) is 2.84. The lowest BCUT2D eigenvalue weighted by molar-refractivity contribution is -0.133. The Morgan fingerprint density at radius 1 is 0.925 bits per heavy atom. The van der Waals surface area contributed by atoms with Crippen LogP contribution in [0.4, 0.5) is 17.2 Å². The molecule has 1 N–H and O–H groups in total. The number of likely N-dealkylation sites (N-methyl/N-ethyl adjacent to an activating group) is 2. The molecule has 210 valence electrons. The lowest BCUT2D eigenvalue weighted by Gasteiger charge is -2.27. The number of para-hydroxylation sites is 1. The molecule has 3 aromatic rings. The number of nitrogens with one attached hydrogen (secondary N) is 1. The predicted molar refractivity (Wildman–Crippen MR) is 159 cm³/mol. The number of aromatic nitrogens is 1. The zero-order valence-corrected chi connectivity index (χ0v) is 23.9. The third-order valence-corrected chi connectivity index (χ3v) is 7.36. The number of carbonyl (C=O) groups excluding carboxylic acids is 3. The van der Waals surface area contributed by atoms with Crippen LogP contribution in [0.3, 0.4) is 0 Å². The summed E-state index contributed by atoms with van der Waals surface area (Å²) < 4.78 is 0. The van der Waals surface area contributed by atoms with Crippen LogP contribution in [0.25, 0.3) is 0 Å². The molecule has 0 fully saturated rings. The van der Waals surface area contributed by atoms with Crippen LogP contribution in [0, 0.1) is 0 Å². The SMILES string of the molecule is CCN(CCN(CC)C(=O)CCC(=O)N1c2ccccc2C(=O)Nc2cccnc21)Cc1ccc(C(C)C)cc1. The molecule has 0 spiro atoms. The molecule has 3 amide bonds. The number of hydrogen-bond donors (Lipinski definition) is 1. The normalized spacial score (nSPS) is 12.6. The summed E-state index contributed by atoms with van der Waals surface area (Å²) in [6, 6.07) is 19.1. The molecule has 1 aromatic heterocycles. The van der Waals surface area contributed by atoms with E-state index in [2.05, 4.69) is 60.2 Å². The minimum absolute atomic E-state index is 0.00750. The van der Waals surface area contributed by atoms with E-state index in [9.17, 15) is 14.4 Å². The van der Waals surface area contributed by atoms with Crippen molar-refractivity contribution in [1.82, 2.24) is 14.8 Å². The van der Waals surface area contributed by atoms with Crippen molar-refractivity contribution in [1.29, 1.82) is 0 Å². The highest BCUT2D eigenvalue weighted by Crippen LogP contribution is 2.36. The van der Waals surface area contributed by atoms with Gasteiger partial charge in [-0.2, -0.15) is 0 Å². The van der Waals surface area contributed by atoms with Gasteiger partial charge in [0.15, 0.2) is 5.82 Å². The minimum atomic E-state index is -0.301. The van der Waals surface area contributed by atoms with Crippen molar-refractivity contribution in [3.8, 4) is 0 Å². The molecule has 8 nitrogen and oxygen atoms in total. The van der Waals surface area contributed by atoms with E-state index in [1.54, 1.807) is 42.6 Å². The van der Waals surface area contributed by atoms with Crippen molar-refractivity contribution in [2.45, 2.75) is 53.0 Å². The van der Waals surface area contributed by atoms with Gasteiger partial charge in [-0.3, -0.25) is 24.2 Å². The molecule has 1 aliphatic rings. The van der Waals surface area contributed by atoms with E-state index in [4.69, 9.17) is 0 Å². The number of amides is 3. The maximum atomic E-state index is 13.5. The average Bonchev–Trinajstić information content (AvgIpc) is 3.09. The highest BCUT2D eigenvalue weighted by molar-refractivity contribution is 6.17. The molecule has 1 aliphatic heterocycles. The molecule has 0 saturated heterocycles. The van der Waals surface area contributed by atoms with Crippen LogP contribution in [0.1, 0.15) is 67.9 Å². The molecule has 4 rings (SSSR count). The zero-order valence-electron chi connectivity index (χ0n) is 23.9. The second-order valence-corrected chi connectivity index (χ2v) is 10.3. The Morgan fingerprint density at radius 2 is 1.68 bits per heavy atom. The molecule has 8 heteroatoms. The molecule has 40 heavy (non-hydrogen) atoms. The monoisotopic (exact) mass is 541 g/mol. The Labute approximate surface area is 237 Å². The number of carbonyl (C=O) groups is 3. The number of nitrogens with zero attached hydrogens (tertiary/aromatic N) is 4. The molecule has 0 unspecified atom stereocenters. The number of anilines is 3. The van der Waals surface area contributed by atoms with Crippen LogP contribution in [0.15, 0.2) is 66.9 Å². The van der Waals surface area contributed by atoms with Gasteiger partial charge in [-0.05, 0) is 54.8 Å². The third-order valence-electron chi connectivity index (χ3n) is 7.36. The van der Waals surface area contributed by atoms with Crippen LogP contribution in [-0.2, 0) is 16.1 Å². The van der Waals surface area contributed by atoms with Crippen LogP contribution >= 0.6 is 0 Å². The van der Waals surface area contributed by atoms with Gasteiger partial charge in [0.25, 0.3) is 5.91 Å².